The Morgan fingerprint density at radius 1 is 1.06 bits per heavy atom. The Bertz CT molecular complexity index is 1360. The molecule has 0 spiro atoms. The number of carbonyl (C=O) groups is 1. The summed E-state index contributed by atoms with van der Waals surface area (Å²) in [5.74, 6) is -0.0173. The molecule has 3 aromatic heterocycles. The molecular formula is C27H30N4O2Si. The molecule has 34 heavy (non-hydrogen) atoms. The summed E-state index contributed by atoms with van der Waals surface area (Å²) in [5.41, 5.74) is 6.54. The molecule has 6 nitrogen and oxygen atoms in total. The van der Waals surface area contributed by atoms with Gasteiger partial charge in [0.15, 0.2) is 0 Å². The first kappa shape index (κ1) is 22.5. The van der Waals surface area contributed by atoms with Crippen LogP contribution in [-0.4, -0.2) is 41.7 Å². The van der Waals surface area contributed by atoms with Crippen LogP contribution >= 0.6 is 0 Å². The number of nitrogens with one attached hydrogen (secondary N) is 1. The Morgan fingerprint density at radius 3 is 2.76 bits per heavy atom. The highest BCUT2D eigenvalue weighted by molar-refractivity contribution is 6.76. The Hall–Kier alpha value is -3.29. The fraction of sp³-hybridized carbons (Fsp3) is 0.296. The van der Waals surface area contributed by atoms with Gasteiger partial charge in [-0.25, -0.2) is 0 Å². The summed E-state index contributed by atoms with van der Waals surface area (Å²) in [6, 6.07) is 17.4. The zero-order valence-electron chi connectivity index (χ0n) is 20.0. The van der Waals surface area contributed by atoms with Crippen LogP contribution in [0.1, 0.15) is 16.1 Å². The van der Waals surface area contributed by atoms with E-state index in [-0.39, 0.29) is 5.91 Å². The molecule has 1 aromatic carbocycles. The number of fused-ring (bicyclic) bond motifs is 2. The molecule has 0 aliphatic carbocycles. The maximum atomic E-state index is 12.6. The number of para-hydroxylation sites is 1. The molecular weight excluding hydrogens is 440 g/mol. The molecule has 0 bridgehead atoms. The zero-order chi connectivity index (χ0) is 23.7. The number of pyridine rings is 2. The lowest BCUT2D eigenvalue weighted by atomic mass is 10.1. The number of aromatic nitrogens is 3. The van der Waals surface area contributed by atoms with Crippen molar-refractivity contribution in [2.24, 2.45) is 0 Å². The highest BCUT2D eigenvalue weighted by Crippen LogP contribution is 2.31. The van der Waals surface area contributed by atoms with Gasteiger partial charge in [0, 0.05) is 62.2 Å². The molecule has 5 rings (SSSR count). The largest absolute Gasteiger partial charge is 0.361 e. The number of amides is 1. The zero-order valence-corrected chi connectivity index (χ0v) is 21.0. The summed E-state index contributed by atoms with van der Waals surface area (Å²) in [6.07, 6.45) is 4.48. The van der Waals surface area contributed by atoms with Crippen LogP contribution in [0.2, 0.25) is 25.7 Å². The van der Waals surface area contributed by atoms with Gasteiger partial charge in [-0.05, 0) is 36.4 Å². The van der Waals surface area contributed by atoms with Crippen molar-refractivity contribution in [2.75, 3.05) is 13.2 Å². The molecule has 0 unspecified atom stereocenters. The molecule has 0 radical (unpaired) electrons. The van der Waals surface area contributed by atoms with Crippen LogP contribution in [0.4, 0.5) is 0 Å². The smallest absolute Gasteiger partial charge is 0.253 e. The SMILES string of the molecule is C[Si](C)(C)CCOCn1c(-c2ccnc(-c3cnc4ccccc4c3)c2)cc2c1CCNC2=O. The average molecular weight is 471 g/mol. The summed E-state index contributed by atoms with van der Waals surface area (Å²) < 4.78 is 8.28. The van der Waals surface area contributed by atoms with E-state index in [1.54, 1.807) is 0 Å². The number of carbonyl (C=O) groups excluding carboxylic acids is 1. The van der Waals surface area contributed by atoms with Crippen molar-refractivity contribution in [3.05, 3.63) is 72.2 Å². The third kappa shape index (κ3) is 4.67. The summed E-state index contributed by atoms with van der Waals surface area (Å²) in [4.78, 5) is 21.8. The van der Waals surface area contributed by atoms with E-state index in [0.29, 0.717) is 13.3 Å². The van der Waals surface area contributed by atoms with Gasteiger partial charge in [-0.1, -0.05) is 37.8 Å². The molecule has 0 saturated heterocycles. The first-order valence-electron chi connectivity index (χ1n) is 11.8. The Morgan fingerprint density at radius 2 is 1.91 bits per heavy atom. The molecule has 0 saturated carbocycles. The van der Waals surface area contributed by atoms with Gasteiger partial charge in [0.1, 0.15) is 6.73 Å². The maximum Gasteiger partial charge on any atom is 0.253 e. The minimum atomic E-state index is -1.17. The topological polar surface area (TPSA) is 69.0 Å². The van der Waals surface area contributed by atoms with E-state index in [9.17, 15) is 4.79 Å². The molecule has 1 aliphatic rings. The molecule has 7 heteroatoms. The number of benzene rings is 1. The normalized spacial score (nSPS) is 13.7. The van der Waals surface area contributed by atoms with Crippen LogP contribution in [-0.2, 0) is 17.9 Å². The van der Waals surface area contributed by atoms with E-state index in [0.717, 1.165) is 63.7 Å². The van der Waals surface area contributed by atoms with Crippen LogP contribution in [0.3, 0.4) is 0 Å². The van der Waals surface area contributed by atoms with Crippen molar-refractivity contribution in [3.63, 3.8) is 0 Å². The minimum absolute atomic E-state index is 0.0173. The molecule has 0 atom stereocenters. The first-order chi connectivity index (χ1) is 16.4. The van der Waals surface area contributed by atoms with Gasteiger partial charge in [-0.15, -0.1) is 0 Å². The lowest BCUT2D eigenvalue weighted by Gasteiger charge is -2.19. The van der Waals surface area contributed by atoms with Gasteiger partial charge in [-0.2, -0.15) is 0 Å². The van der Waals surface area contributed by atoms with Crippen molar-refractivity contribution >= 4 is 24.9 Å². The van der Waals surface area contributed by atoms with Gasteiger partial charge >= 0.3 is 0 Å². The highest BCUT2D eigenvalue weighted by Gasteiger charge is 2.25. The summed E-state index contributed by atoms with van der Waals surface area (Å²) in [7, 11) is -1.17. The fourth-order valence-electron chi connectivity index (χ4n) is 4.32. The lowest BCUT2D eigenvalue weighted by molar-refractivity contribution is 0.0851. The second-order valence-corrected chi connectivity index (χ2v) is 15.6. The second-order valence-electron chi connectivity index (χ2n) is 10.0. The highest BCUT2D eigenvalue weighted by atomic mass is 28.3. The van der Waals surface area contributed by atoms with E-state index in [1.807, 2.05) is 42.7 Å². The molecule has 0 fully saturated rings. The van der Waals surface area contributed by atoms with Crippen LogP contribution in [0.15, 0.2) is 60.9 Å². The Balaban J connectivity index is 1.50. The standard InChI is InChI=1S/C27H30N4O2Si/c1-34(2,3)13-12-33-18-31-25-9-11-29-27(32)22(25)16-26(31)20-8-10-28-24(15-20)21-14-19-6-4-5-7-23(19)30-17-21/h4-8,10,14-17H,9,11-13,18H2,1-3H3,(H,29,32). The maximum absolute atomic E-state index is 12.6. The quantitative estimate of drug-likeness (QED) is 0.291. The summed E-state index contributed by atoms with van der Waals surface area (Å²) in [5, 5.41) is 4.05. The molecule has 1 aliphatic heterocycles. The summed E-state index contributed by atoms with van der Waals surface area (Å²) >= 11 is 0. The average Bonchev–Trinajstić information content (AvgIpc) is 3.21. The predicted molar refractivity (Wildman–Crippen MR) is 139 cm³/mol. The van der Waals surface area contributed by atoms with Crippen molar-refractivity contribution in [1.82, 2.24) is 19.9 Å². The molecule has 1 N–H and O–H groups in total. The molecule has 174 valence electrons. The van der Waals surface area contributed by atoms with Crippen molar-refractivity contribution < 1.29 is 9.53 Å². The fourth-order valence-corrected chi connectivity index (χ4v) is 5.08. The van der Waals surface area contributed by atoms with Gasteiger partial charge in [0.25, 0.3) is 5.91 Å². The molecule has 1 amide bonds. The van der Waals surface area contributed by atoms with Crippen molar-refractivity contribution in [1.29, 1.82) is 0 Å². The first-order valence-corrected chi connectivity index (χ1v) is 15.5. The van der Waals surface area contributed by atoms with E-state index in [4.69, 9.17) is 4.74 Å². The Labute approximate surface area is 201 Å². The van der Waals surface area contributed by atoms with Gasteiger partial charge in [0.05, 0.1) is 22.5 Å². The van der Waals surface area contributed by atoms with Crippen LogP contribution in [0, 0.1) is 0 Å². The number of rotatable bonds is 7. The van der Waals surface area contributed by atoms with E-state index >= 15 is 0 Å². The molecule has 4 aromatic rings. The number of hydrogen-bond donors (Lipinski definition) is 1. The Kier molecular flexibility index (Phi) is 6.06. The predicted octanol–water partition coefficient (Wildman–Crippen LogP) is 5.36. The number of hydrogen-bond acceptors (Lipinski definition) is 4. The van der Waals surface area contributed by atoms with Crippen LogP contribution < -0.4 is 5.32 Å². The van der Waals surface area contributed by atoms with Gasteiger partial charge < -0.3 is 14.6 Å². The van der Waals surface area contributed by atoms with E-state index in [2.05, 4.69) is 57.7 Å². The van der Waals surface area contributed by atoms with Crippen molar-refractivity contribution in [3.8, 4) is 22.5 Å². The summed E-state index contributed by atoms with van der Waals surface area (Å²) in [6.45, 7) is 8.88. The third-order valence-electron chi connectivity index (χ3n) is 6.26. The lowest BCUT2D eigenvalue weighted by Crippen LogP contribution is -2.32. The monoisotopic (exact) mass is 470 g/mol. The van der Waals surface area contributed by atoms with Gasteiger partial charge in [-0.3, -0.25) is 14.8 Å². The van der Waals surface area contributed by atoms with Gasteiger partial charge in [0.2, 0.25) is 0 Å². The molecule has 4 heterocycles. The number of nitrogens with zero attached hydrogens (tertiary/aromatic N) is 3. The van der Waals surface area contributed by atoms with Crippen LogP contribution in [0.25, 0.3) is 33.4 Å². The number of ether oxygens (including phenoxy) is 1. The third-order valence-corrected chi connectivity index (χ3v) is 7.96. The van der Waals surface area contributed by atoms with E-state index < -0.39 is 8.07 Å². The van der Waals surface area contributed by atoms with Crippen molar-refractivity contribution in [2.45, 2.75) is 38.8 Å². The minimum Gasteiger partial charge on any atom is -0.361 e. The van der Waals surface area contributed by atoms with E-state index in [1.165, 1.54) is 0 Å². The van der Waals surface area contributed by atoms with Crippen LogP contribution in [0.5, 0.6) is 0 Å². The second kappa shape index (κ2) is 9.16.